The van der Waals surface area contributed by atoms with Crippen molar-refractivity contribution >= 4 is 21.8 Å². The molecular weight excluding hydrogens is 358 g/mol. The van der Waals surface area contributed by atoms with Gasteiger partial charge in [-0.05, 0) is 42.3 Å². The summed E-state index contributed by atoms with van der Waals surface area (Å²) in [7, 11) is 3.17. The molecule has 1 atom stereocenters. The van der Waals surface area contributed by atoms with Crippen LogP contribution in [0.1, 0.15) is 24.1 Å². The maximum atomic E-state index is 12.2. The Morgan fingerprint density at radius 1 is 1.09 bits per heavy atom. The minimum absolute atomic E-state index is 0.0346. The van der Waals surface area contributed by atoms with Crippen LogP contribution in [0.15, 0.2) is 46.9 Å². The highest BCUT2D eigenvalue weighted by molar-refractivity contribution is 9.10. The minimum Gasteiger partial charge on any atom is -0.493 e. The van der Waals surface area contributed by atoms with E-state index in [0.717, 1.165) is 15.6 Å². The fourth-order valence-electron chi connectivity index (χ4n) is 2.30. The Morgan fingerprint density at radius 2 is 1.74 bits per heavy atom. The van der Waals surface area contributed by atoms with E-state index in [0.29, 0.717) is 17.9 Å². The van der Waals surface area contributed by atoms with Gasteiger partial charge in [-0.3, -0.25) is 4.79 Å². The number of nitrogens with one attached hydrogen (secondary N) is 1. The van der Waals surface area contributed by atoms with Gasteiger partial charge in [-0.2, -0.15) is 0 Å². The Kier molecular flexibility index (Phi) is 6.04. The molecule has 0 radical (unpaired) electrons. The Labute approximate surface area is 144 Å². The smallest absolute Gasteiger partial charge is 0.224 e. The normalized spacial score (nSPS) is 11.7. The van der Waals surface area contributed by atoms with Gasteiger partial charge in [0.25, 0.3) is 0 Å². The molecule has 2 aromatic carbocycles. The maximum Gasteiger partial charge on any atom is 0.224 e. The summed E-state index contributed by atoms with van der Waals surface area (Å²) in [5, 5.41) is 3.00. The molecule has 23 heavy (non-hydrogen) atoms. The quantitative estimate of drug-likeness (QED) is 0.830. The molecule has 0 saturated heterocycles. The predicted molar refractivity (Wildman–Crippen MR) is 93.9 cm³/mol. The first-order valence-corrected chi connectivity index (χ1v) is 8.08. The second-order valence-corrected chi connectivity index (χ2v) is 6.12. The van der Waals surface area contributed by atoms with Crippen LogP contribution in [0, 0.1) is 0 Å². The minimum atomic E-state index is -0.0456. The van der Waals surface area contributed by atoms with Gasteiger partial charge < -0.3 is 14.8 Å². The van der Waals surface area contributed by atoms with Gasteiger partial charge in [-0.1, -0.05) is 34.1 Å². The number of methoxy groups -OCH3 is 2. The van der Waals surface area contributed by atoms with E-state index in [1.165, 1.54) is 0 Å². The van der Waals surface area contributed by atoms with Crippen molar-refractivity contribution in [3.63, 3.8) is 0 Å². The summed E-state index contributed by atoms with van der Waals surface area (Å²) in [6, 6.07) is 13.4. The summed E-state index contributed by atoms with van der Waals surface area (Å²) in [6.07, 6.45) is 0.293. The van der Waals surface area contributed by atoms with Crippen molar-refractivity contribution in [2.45, 2.75) is 19.4 Å². The zero-order valence-electron chi connectivity index (χ0n) is 13.4. The van der Waals surface area contributed by atoms with Crippen LogP contribution in [0.25, 0.3) is 0 Å². The molecule has 0 aliphatic rings. The molecule has 1 N–H and O–H groups in total. The van der Waals surface area contributed by atoms with Crippen molar-refractivity contribution in [1.82, 2.24) is 5.32 Å². The summed E-state index contributed by atoms with van der Waals surface area (Å²) in [4.78, 5) is 12.2. The van der Waals surface area contributed by atoms with Crippen LogP contribution < -0.4 is 14.8 Å². The van der Waals surface area contributed by atoms with Crippen molar-refractivity contribution in [1.29, 1.82) is 0 Å². The molecule has 0 aromatic heterocycles. The molecule has 0 aliphatic carbocycles. The van der Waals surface area contributed by atoms with Gasteiger partial charge in [-0.25, -0.2) is 0 Å². The number of hydrogen-bond donors (Lipinski definition) is 1. The number of hydrogen-bond acceptors (Lipinski definition) is 3. The maximum absolute atomic E-state index is 12.2. The average Bonchev–Trinajstić information content (AvgIpc) is 2.55. The third-order valence-corrected chi connectivity index (χ3v) is 4.09. The van der Waals surface area contributed by atoms with Gasteiger partial charge in [0.1, 0.15) is 0 Å². The molecular formula is C18H20BrNO3. The number of amides is 1. The van der Waals surface area contributed by atoms with Gasteiger partial charge in [0.05, 0.1) is 26.7 Å². The third kappa shape index (κ3) is 4.73. The summed E-state index contributed by atoms with van der Waals surface area (Å²) in [6.45, 7) is 1.97. The lowest BCUT2D eigenvalue weighted by atomic mass is 10.1. The Hall–Kier alpha value is -2.01. The molecule has 0 heterocycles. The van der Waals surface area contributed by atoms with Gasteiger partial charge in [-0.15, -0.1) is 0 Å². The van der Waals surface area contributed by atoms with Gasteiger partial charge in [0.15, 0.2) is 11.5 Å². The van der Waals surface area contributed by atoms with Crippen molar-refractivity contribution in [2.24, 2.45) is 0 Å². The van der Waals surface area contributed by atoms with E-state index in [1.807, 2.05) is 43.3 Å². The Morgan fingerprint density at radius 3 is 2.35 bits per heavy atom. The van der Waals surface area contributed by atoms with Crippen molar-refractivity contribution < 1.29 is 14.3 Å². The SMILES string of the molecule is COc1ccc(CC(=O)NC(C)c2ccc(Br)cc2)cc1OC. The third-order valence-electron chi connectivity index (χ3n) is 3.56. The van der Waals surface area contributed by atoms with Crippen LogP contribution in [0.5, 0.6) is 11.5 Å². The summed E-state index contributed by atoms with van der Waals surface area (Å²) in [5.74, 6) is 1.24. The van der Waals surface area contributed by atoms with Crippen LogP contribution in [0.4, 0.5) is 0 Å². The van der Waals surface area contributed by atoms with Gasteiger partial charge in [0.2, 0.25) is 5.91 Å². The lowest BCUT2D eigenvalue weighted by Gasteiger charge is -2.15. The number of rotatable bonds is 6. The van der Waals surface area contributed by atoms with Crippen molar-refractivity contribution in [2.75, 3.05) is 14.2 Å². The lowest BCUT2D eigenvalue weighted by molar-refractivity contribution is -0.121. The number of benzene rings is 2. The molecule has 0 spiro atoms. The number of carbonyl (C=O) groups excluding carboxylic acids is 1. The highest BCUT2D eigenvalue weighted by atomic mass is 79.9. The highest BCUT2D eigenvalue weighted by Gasteiger charge is 2.12. The fraction of sp³-hybridized carbons (Fsp3) is 0.278. The topological polar surface area (TPSA) is 47.6 Å². The van der Waals surface area contributed by atoms with Crippen LogP contribution in [0.3, 0.4) is 0 Å². The van der Waals surface area contributed by atoms with E-state index in [4.69, 9.17) is 9.47 Å². The number of carbonyl (C=O) groups is 1. The molecule has 2 aromatic rings. The molecule has 0 saturated carbocycles. The van der Waals surface area contributed by atoms with Crippen LogP contribution in [0.2, 0.25) is 0 Å². The summed E-state index contributed by atoms with van der Waals surface area (Å²) >= 11 is 3.41. The fourth-order valence-corrected chi connectivity index (χ4v) is 2.57. The molecule has 0 aliphatic heterocycles. The van der Waals surface area contributed by atoms with Gasteiger partial charge >= 0.3 is 0 Å². The summed E-state index contributed by atoms with van der Waals surface area (Å²) < 4.78 is 11.5. The van der Waals surface area contributed by atoms with Gasteiger partial charge in [0, 0.05) is 4.47 Å². The number of ether oxygens (including phenoxy) is 2. The zero-order valence-corrected chi connectivity index (χ0v) is 15.0. The Bertz CT molecular complexity index is 670. The first-order valence-electron chi connectivity index (χ1n) is 7.29. The monoisotopic (exact) mass is 377 g/mol. The number of halogens is 1. The van der Waals surface area contributed by atoms with E-state index >= 15 is 0 Å². The second-order valence-electron chi connectivity index (χ2n) is 5.21. The summed E-state index contributed by atoms with van der Waals surface area (Å²) in [5.41, 5.74) is 1.94. The lowest BCUT2D eigenvalue weighted by Crippen LogP contribution is -2.28. The highest BCUT2D eigenvalue weighted by Crippen LogP contribution is 2.27. The van der Waals surface area contributed by atoms with E-state index in [9.17, 15) is 4.79 Å². The molecule has 5 heteroatoms. The molecule has 1 unspecified atom stereocenters. The van der Waals surface area contributed by atoms with E-state index in [-0.39, 0.29) is 11.9 Å². The van der Waals surface area contributed by atoms with Crippen LogP contribution in [-0.4, -0.2) is 20.1 Å². The Balaban J connectivity index is 2.00. The van der Waals surface area contributed by atoms with Crippen molar-refractivity contribution in [3.8, 4) is 11.5 Å². The molecule has 1 amide bonds. The molecule has 2 rings (SSSR count). The molecule has 122 valence electrons. The van der Waals surface area contributed by atoms with E-state index in [1.54, 1.807) is 20.3 Å². The van der Waals surface area contributed by atoms with Crippen LogP contribution in [-0.2, 0) is 11.2 Å². The van der Waals surface area contributed by atoms with E-state index < -0.39 is 0 Å². The molecule has 0 fully saturated rings. The average molecular weight is 378 g/mol. The van der Waals surface area contributed by atoms with Crippen LogP contribution >= 0.6 is 15.9 Å². The van der Waals surface area contributed by atoms with E-state index in [2.05, 4.69) is 21.2 Å². The first kappa shape index (κ1) is 17.3. The largest absolute Gasteiger partial charge is 0.493 e. The second kappa shape index (κ2) is 8.02. The standard InChI is InChI=1S/C18H20BrNO3/c1-12(14-5-7-15(19)8-6-14)20-18(21)11-13-4-9-16(22-2)17(10-13)23-3/h4-10,12H,11H2,1-3H3,(H,20,21). The first-order chi connectivity index (χ1) is 11.0. The predicted octanol–water partition coefficient (Wildman–Crippen LogP) is 3.89. The van der Waals surface area contributed by atoms with Crippen molar-refractivity contribution in [3.05, 3.63) is 58.1 Å². The zero-order chi connectivity index (χ0) is 16.8. The molecule has 0 bridgehead atoms. The molecule has 4 nitrogen and oxygen atoms in total.